The van der Waals surface area contributed by atoms with Crippen LogP contribution in [0.1, 0.15) is 17.3 Å². The van der Waals surface area contributed by atoms with Gasteiger partial charge in [0.15, 0.2) is 0 Å². The van der Waals surface area contributed by atoms with E-state index in [0.717, 1.165) is 16.9 Å². The first-order chi connectivity index (χ1) is 13.2. The number of hydrogen-bond donors (Lipinski definition) is 1. The van der Waals surface area contributed by atoms with Crippen molar-refractivity contribution < 1.29 is 4.79 Å². The third-order valence-corrected chi connectivity index (χ3v) is 4.39. The van der Waals surface area contributed by atoms with Crippen molar-refractivity contribution >= 4 is 23.2 Å². The number of imidazole rings is 1. The van der Waals surface area contributed by atoms with Crippen LogP contribution in [-0.2, 0) is 17.8 Å². The lowest BCUT2D eigenvalue weighted by Crippen LogP contribution is -2.34. The highest BCUT2D eigenvalue weighted by Crippen LogP contribution is 2.14. The standard InChI is InChI=1S/C18H16ClN7O/c19-14-6-7-17-22-15(11-25(17)10-14)9-20-18(27)16(26-12-21-23-24-26)8-13-4-2-1-3-5-13/h1-7,10-12,16H,8-9H2,(H,20,27). The van der Waals surface area contributed by atoms with Gasteiger partial charge in [0.05, 0.1) is 17.3 Å². The molecule has 27 heavy (non-hydrogen) atoms. The van der Waals surface area contributed by atoms with E-state index in [1.165, 1.54) is 11.0 Å². The molecule has 0 bridgehead atoms. The van der Waals surface area contributed by atoms with E-state index in [1.807, 2.05) is 47.0 Å². The number of amides is 1. The molecule has 3 aromatic heterocycles. The minimum atomic E-state index is -0.547. The van der Waals surface area contributed by atoms with E-state index in [4.69, 9.17) is 11.6 Å². The highest BCUT2D eigenvalue weighted by molar-refractivity contribution is 6.30. The van der Waals surface area contributed by atoms with Crippen molar-refractivity contribution in [2.24, 2.45) is 0 Å². The fourth-order valence-corrected chi connectivity index (χ4v) is 3.02. The molecule has 4 aromatic rings. The molecule has 9 heteroatoms. The summed E-state index contributed by atoms with van der Waals surface area (Å²) in [6.45, 7) is 0.297. The van der Waals surface area contributed by atoms with E-state index < -0.39 is 6.04 Å². The summed E-state index contributed by atoms with van der Waals surface area (Å²) in [6, 6.07) is 12.8. The summed E-state index contributed by atoms with van der Waals surface area (Å²) in [4.78, 5) is 17.3. The molecule has 0 saturated heterocycles. The van der Waals surface area contributed by atoms with E-state index in [2.05, 4.69) is 25.8 Å². The molecule has 0 aliphatic carbocycles. The Hall–Kier alpha value is -3.26. The van der Waals surface area contributed by atoms with Gasteiger partial charge in [-0.25, -0.2) is 9.67 Å². The molecule has 0 radical (unpaired) electrons. The summed E-state index contributed by atoms with van der Waals surface area (Å²) >= 11 is 5.99. The molecule has 4 rings (SSSR count). The van der Waals surface area contributed by atoms with Crippen LogP contribution in [0, 0.1) is 0 Å². The van der Waals surface area contributed by atoms with Crippen molar-refractivity contribution in [3.05, 3.63) is 77.5 Å². The molecule has 3 heterocycles. The van der Waals surface area contributed by atoms with E-state index in [-0.39, 0.29) is 5.91 Å². The maximum atomic E-state index is 12.8. The molecule has 0 saturated carbocycles. The Morgan fingerprint density at radius 3 is 2.78 bits per heavy atom. The zero-order chi connectivity index (χ0) is 18.6. The minimum absolute atomic E-state index is 0.179. The molecular weight excluding hydrogens is 366 g/mol. The van der Waals surface area contributed by atoms with Gasteiger partial charge < -0.3 is 9.72 Å². The van der Waals surface area contributed by atoms with Crippen LogP contribution in [0.25, 0.3) is 5.65 Å². The lowest BCUT2D eigenvalue weighted by atomic mass is 10.1. The molecule has 1 N–H and O–H groups in total. The summed E-state index contributed by atoms with van der Waals surface area (Å²) < 4.78 is 3.29. The highest BCUT2D eigenvalue weighted by Gasteiger charge is 2.22. The van der Waals surface area contributed by atoms with Gasteiger partial charge in [-0.15, -0.1) is 5.10 Å². The van der Waals surface area contributed by atoms with E-state index in [1.54, 1.807) is 12.3 Å². The number of nitrogens with one attached hydrogen (secondary N) is 1. The number of fused-ring (bicyclic) bond motifs is 1. The molecule has 136 valence electrons. The van der Waals surface area contributed by atoms with Crippen molar-refractivity contribution in [1.29, 1.82) is 0 Å². The normalized spacial score (nSPS) is 12.2. The Morgan fingerprint density at radius 2 is 2.00 bits per heavy atom. The van der Waals surface area contributed by atoms with Crippen molar-refractivity contribution in [1.82, 2.24) is 34.9 Å². The Kier molecular flexibility index (Phi) is 4.80. The topological polar surface area (TPSA) is 90.0 Å². The Balaban J connectivity index is 1.49. The highest BCUT2D eigenvalue weighted by atomic mass is 35.5. The van der Waals surface area contributed by atoms with E-state index in [9.17, 15) is 4.79 Å². The van der Waals surface area contributed by atoms with Gasteiger partial charge in [0, 0.05) is 18.8 Å². The molecule has 1 amide bonds. The SMILES string of the molecule is O=C(NCc1cn2cc(Cl)ccc2n1)C(Cc1ccccc1)n1cnnn1. The molecule has 8 nitrogen and oxygen atoms in total. The fraction of sp³-hybridized carbons (Fsp3) is 0.167. The van der Waals surface area contributed by atoms with Crippen LogP contribution in [0.5, 0.6) is 0 Å². The maximum absolute atomic E-state index is 12.8. The second kappa shape index (κ2) is 7.55. The number of halogens is 1. The lowest BCUT2D eigenvalue weighted by molar-refractivity contribution is -0.124. The summed E-state index contributed by atoms with van der Waals surface area (Å²) in [6.07, 6.45) is 5.54. The second-order valence-corrected chi connectivity index (χ2v) is 6.49. The third-order valence-electron chi connectivity index (χ3n) is 4.17. The number of benzene rings is 1. The van der Waals surface area contributed by atoms with Gasteiger partial charge >= 0.3 is 0 Å². The zero-order valence-electron chi connectivity index (χ0n) is 14.2. The summed E-state index contributed by atoms with van der Waals surface area (Å²) in [5.74, 6) is -0.179. The van der Waals surface area contributed by atoms with Crippen LogP contribution in [0.3, 0.4) is 0 Å². The molecular formula is C18H16ClN7O. The first-order valence-corrected chi connectivity index (χ1v) is 8.74. The van der Waals surface area contributed by atoms with Crippen LogP contribution < -0.4 is 5.32 Å². The molecule has 0 fully saturated rings. The number of aromatic nitrogens is 6. The van der Waals surface area contributed by atoms with Crippen molar-refractivity contribution in [2.75, 3.05) is 0 Å². The first-order valence-electron chi connectivity index (χ1n) is 8.36. The van der Waals surface area contributed by atoms with Crippen LogP contribution in [0.2, 0.25) is 5.02 Å². The molecule has 1 aromatic carbocycles. The number of rotatable bonds is 6. The largest absolute Gasteiger partial charge is 0.349 e. The molecule has 0 aliphatic rings. The van der Waals surface area contributed by atoms with Gasteiger partial charge in [-0.2, -0.15) is 0 Å². The lowest BCUT2D eigenvalue weighted by Gasteiger charge is -2.16. The smallest absolute Gasteiger partial charge is 0.245 e. The number of hydrogen-bond acceptors (Lipinski definition) is 5. The first kappa shape index (κ1) is 17.2. The number of tetrazole rings is 1. The van der Waals surface area contributed by atoms with E-state index >= 15 is 0 Å². The summed E-state index contributed by atoms with van der Waals surface area (Å²) in [5.41, 5.74) is 2.53. The van der Waals surface area contributed by atoms with Gasteiger partial charge in [0.25, 0.3) is 0 Å². The van der Waals surface area contributed by atoms with Gasteiger partial charge in [-0.1, -0.05) is 41.9 Å². The summed E-state index contributed by atoms with van der Waals surface area (Å²) in [5, 5.41) is 14.7. The quantitative estimate of drug-likeness (QED) is 0.552. The number of pyridine rings is 1. The van der Waals surface area contributed by atoms with Crippen molar-refractivity contribution in [3.8, 4) is 0 Å². The number of carbonyl (C=O) groups excluding carboxylic acids is 1. The maximum Gasteiger partial charge on any atom is 0.245 e. The predicted octanol–water partition coefficient (Wildman–Crippen LogP) is 2.07. The molecule has 1 atom stereocenters. The predicted molar refractivity (Wildman–Crippen MR) is 99.0 cm³/mol. The monoisotopic (exact) mass is 381 g/mol. The minimum Gasteiger partial charge on any atom is -0.349 e. The van der Waals surface area contributed by atoms with Crippen LogP contribution in [0.15, 0.2) is 61.2 Å². The van der Waals surface area contributed by atoms with Crippen LogP contribution >= 0.6 is 11.6 Å². The Labute approximate surface area is 159 Å². The fourth-order valence-electron chi connectivity index (χ4n) is 2.85. The van der Waals surface area contributed by atoms with Crippen molar-refractivity contribution in [3.63, 3.8) is 0 Å². The Morgan fingerprint density at radius 1 is 1.15 bits per heavy atom. The Bertz CT molecular complexity index is 1050. The number of carbonyl (C=O) groups is 1. The zero-order valence-corrected chi connectivity index (χ0v) is 15.0. The molecule has 1 unspecified atom stereocenters. The summed E-state index contributed by atoms with van der Waals surface area (Å²) in [7, 11) is 0. The van der Waals surface area contributed by atoms with Crippen LogP contribution in [0.4, 0.5) is 0 Å². The van der Waals surface area contributed by atoms with Crippen LogP contribution in [-0.4, -0.2) is 35.5 Å². The molecule has 0 spiro atoms. The van der Waals surface area contributed by atoms with Gasteiger partial charge in [-0.05, 0) is 28.1 Å². The van der Waals surface area contributed by atoms with Gasteiger partial charge in [-0.3, -0.25) is 4.79 Å². The third kappa shape index (κ3) is 3.95. The van der Waals surface area contributed by atoms with Gasteiger partial charge in [0.1, 0.15) is 18.0 Å². The van der Waals surface area contributed by atoms with E-state index in [0.29, 0.717) is 18.0 Å². The number of nitrogens with zero attached hydrogens (tertiary/aromatic N) is 6. The average Bonchev–Trinajstić information content (AvgIpc) is 3.34. The van der Waals surface area contributed by atoms with Gasteiger partial charge in [0.2, 0.25) is 5.91 Å². The average molecular weight is 382 g/mol. The second-order valence-electron chi connectivity index (χ2n) is 6.06. The molecule has 0 aliphatic heterocycles. The van der Waals surface area contributed by atoms with Crippen molar-refractivity contribution in [2.45, 2.75) is 19.0 Å².